The minimum Gasteiger partial charge on any atom is -0.452 e. The zero-order chi connectivity index (χ0) is 22.7. The number of nitrogens with one attached hydrogen (secondary N) is 1. The molecule has 0 radical (unpaired) electrons. The summed E-state index contributed by atoms with van der Waals surface area (Å²) in [7, 11) is -2.21. The molecule has 1 aromatic carbocycles. The van der Waals surface area contributed by atoms with Gasteiger partial charge in [0.2, 0.25) is 10.0 Å². The van der Waals surface area contributed by atoms with Crippen molar-refractivity contribution >= 4 is 33.5 Å². The van der Waals surface area contributed by atoms with Crippen LogP contribution in [0.2, 0.25) is 5.02 Å². The van der Waals surface area contributed by atoms with Crippen molar-refractivity contribution in [1.82, 2.24) is 9.62 Å². The van der Waals surface area contributed by atoms with Gasteiger partial charge in [0.25, 0.3) is 5.91 Å². The minimum atomic E-state index is -3.93. The average molecular weight is 459 g/mol. The van der Waals surface area contributed by atoms with Gasteiger partial charge in [0.05, 0.1) is 10.6 Å². The summed E-state index contributed by atoms with van der Waals surface area (Å²) in [5.41, 5.74) is -0.706. The lowest BCUT2D eigenvalue weighted by Crippen LogP contribution is -2.41. The van der Waals surface area contributed by atoms with E-state index in [9.17, 15) is 18.0 Å². The molecule has 7 nitrogen and oxygen atoms in total. The van der Waals surface area contributed by atoms with Crippen LogP contribution in [0.3, 0.4) is 0 Å². The Morgan fingerprint density at radius 1 is 1.20 bits per heavy atom. The SMILES string of the molecule is CC1CCC(N(C)C(=O)COC(=O)c2ccc(Cl)c(S(=O)(=O)NC(C)(C)C)c2)CC1. The number of esters is 1. The lowest BCUT2D eigenvalue weighted by atomic mass is 9.87. The van der Waals surface area contributed by atoms with Crippen LogP contribution in [0.4, 0.5) is 0 Å². The van der Waals surface area contributed by atoms with Gasteiger partial charge in [-0.25, -0.2) is 17.9 Å². The molecular weight excluding hydrogens is 428 g/mol. The number of ether oxygens (including phenoxy) is 1. The van der Waals surface area contributed by atoms with Crippen molar-refractivity contribution < 1.29 is 22.7 Å². The van der Waals surface area contributed by atoms with Crippen LogP contribution in [-0.2, 0) is 19.6 Å². The summed E-state index contributed by atoms with van der Waals surface area (Å²) in [5, 5.41) is -0.00867. The van der Waals surface area contributed by atoms with Crippen LogP contribution in [0.5, 0.6) is 0 Å². The molecule has 1 aromatic rings. The summed E-state index contributed by atoms with van der Waals surface area (Å²) in [4.78, 5) is 26.3. The van der Waals surface area contributed by atoms with Crippen molar-refractivity contribution in [2.75, 3.05) is 13.7 Å². The van der Waals surface area contributed by atoms with Crippen LogP contribution >= 0.6 is 11.6 Å². The second kappa shape index (κ2) is 9.66. The number of benzene rings is 1. The van der Waals surface area contributed by atoms with Gasteiger partial charge in [-0.2, -0.15) is 0 Å². The number of carbonyl (C=O) groups excluding carboxylic acids is 2. The molecule has 1 aliphatic rings. The van der Waals surface area contributed by atoms with E-state index in [1.807, 2.05) is 0 Å². The Morgan fingerprint density at radius 3 is 2.37 bits per heavy atom. The summed E-state index contributed by atoms with van der Waals surface area (Å²) in [6.07, 6.45) is 4.03. The molecule has 9 heteroatoms. The fourth-order valence-corrected chi connectivity index (χ4v) is 5.39. The Morgan fingerprint density at radius 2 is 1.80 bits per heavy atom. The first-order valence-corrected chi connectivity index (χ1v) is 11.9. The highest BCUT2D eigenvalue weighted by atomic mass is 35.5. The molecule has 1 N–H and O–H groups in total. The normalized spacial score (nSPS) is 19.9. The van der Waals surface area contributed by atoms with E-state index in [1.54, 1.807) is 32.7 Å². The van der Waals surface area contributed by atoms with E-state index in [-0.39, 0.29) is 27.4 Å². The first-order valence-electron chi connectivity index (χ1n) is 10.1. The van der Waals surface area contributed by atoms with Gasteiger partial charge in [0, 0.05) is 18.6 Å². The Hall–Kier alpha value is -1.64. The lowest BCUT2D eigenvalue weighted by molar-refractivity contribution is -0.136. The number of nitrogens with zero attached hydrogens (tertiary/aromatic N) is 1. The second-order valence-corrected chi connectivity index (χ2v) is 11.1. The Balaban J connectivity index is 2.04. The molecule has 0 aliphatic heterocycles. The number of hydrogen-bond donors (Lipinski definition) is 1. The molecule has 1 saturated carbocycles. The van der Waals surface area contributed by atoms with Crippen LogP contribution in [0.25, 0.3) is 0 Å². The van der Waals surface area contributed by atoms with E-state index < -0.39 is 28.1 Å². The smallest absolute Gasteiger partial charge is 0.338 e. The predicted molar refractivity (Wildman–Crippen MR) is 116 cm³/mol. The molecule has 0 unspecified atom stereocenters. The Labute approximate surface area is 184 Å². The number of rotatable bonds is 6. The predicted octanol–water partition coefficient (Wildman–Crippen LogP) is 3.61. The highest BCUT2D eigenvalue weighted by Gasteiger charge is 2.27. The molecule has 30 heavy (non-hydrogen) atoms. The van der Waals surface area contributed by atoms with Crippen molar-refractivity contribution in [1.29, 1.82) is 0 Å². The van der Waals surface area contributed by atoms with Crippen LogP contribution in [-0.4, -0.2) is 50.4 Å². The number of likely N-dealkylation sites (N-methyl/N-ethyl adjacent to an activating group) is 1. The molecule has 168 valence electrons. The third-order valence-electron chi connectivity index (χ3n) is 5.15. The molecule has 0 bridgehead atoms. The van der Waals surface area contributed by atoms with Crippen molar-refractivity contribution in [2.24, 2.45) is 5.92 Å². The highest BCUT2D eigenvalue weighted by molar-refractivity contribution is 7.89. The highest BCUT2D eigenvalue weighted by Crippen LogP contribution is 2.27. The fourth-order valence-electron chi connectivity index (χ4n) is 3.44. The maximum Gasteiger partial charge on any atom is 0.338 e. The number of amides is 1. The van der Waals surface area contributed by atoms with Gasteiger partial charge in [-0.3, -0.25) is 4.79 Å². The maximum atomic E-state index is 12.6. The van der Waals surface area contributed by atoms with E-state index >= 15 is 0 Å². The molecule has 0 spiro atoms. The summed E-state index contributed by atoms with van der Waals surface area (Å²) >= 11 is 6.05. The Kier molecular flexibility index (Phi) is 7.93. The van der Waals surface area contributed by atoms with Crippen LogP contribution < -0.4 is 4.72 Å². The monoisotopic (exact) mass is 458 g/mol. The van der Waals surface area contributed by atoms with Crippen LogP contribution in [0.1, 0.15) is 63.7 Å². The second-order valence-electron chi connectivity index (χ2n) is 9.00. The van der Waals surface area contributed by atoms with Gasteiger partial charge in [0.1, 0.15) is 4.90 Å². The lowest BCUT2D eigenvalue weighted by Gasteiger charge is -2.33. The summed E-state index contributed by atoms with van der Waals surface area (Å²) in [6, 6.07) is 4.02. The van der Waals surface area contributed by atoms with Gasteiger partial charge in [-0.15, -0.1) is 0 Å². The number of halogens is 1. The average Bonchev–Trinajstić information content (AvgIpc) is 2.64. The summed E-state index contributed by atoms with van der Waals surface area (Å²) in [6.45, 7) is 6.91. The molecule has 1 amide bonds. The van der Waals surface area contributed by atoms with E-state index in [4.69, 9.17) is 16.3 Å². The first-order chi connectivity index (χ1) is 13.8. The van der Waals surface area contributed by atoms with E-state index in [0.717, 1.165) is 31.7 Å². The van der Waals surface area contributed by atoms with Gasteiger partial charge in [-0.1, -0.05) is 18.5 Å². The molecule has 2 rings (SSSR count). The van der Waals surface area contributed by atoms with Crippen LogP contribution in [0, 0.1) is 5.92 Å². The third-order valence-corrected chi connectivity index (χ3v) is 7.39. The van der Waals surface area contributed by atoms with Gasteiger partial charge < -0.3 is 9.64 Å². The summed E-state index contributed by atoms with van der Waals surface area (Å²) in [5.74, 6) is -0.386. The molecule has 0 saturated heterocycles. The standard InChI is InChI=1S/C21H31ClN2O5S/c1-14-6-9-16(10-7-14)24(5)19(25)13-29-20(26)15-8-11-17(22)18(12-15)30(27,28)23-21(2,3)4/h8,11-12,14,16,23H,6-7,9-10,13H2,1-5H3. The molecule has 0 atom stereocenters. The topological polar surface area (TPSA) is 92.8 Å². The van der Waals surface area contributed by atoms with E-state index in [0.29, 0.717) is 5.92 Å². The third kappa shape index (κ3) is 6.68. The van der Waals surface area contributed by atoms with E-state index in [2.05, 4.69) is 11.6 Å². The maximum absolute atomic E-state index is 12.6. The molecule has 0 heterocycles. The van der Waals surface area contributed by atoms with Crippen molar-refractivity contribution in [2.45, 2.75) is 69.9 Å². The largest absolute Gasteiger partial charge is 0.452 e. The zero-order valence-electron chi connectivity index (χ0n) is 18.2. The van der Waals surface area contributed by atoms with Gasteiger partial charge in [0.15, 0.2) is 6.61 Å². The van der Waals surface area contributed by atoms with Crippen molar-refractivity contribution in [3.05, 3.63) is 28.8 Å². The van der Waals surface area contributed by atoms with Crippen LogP contribution in [0.15, 0.2) is 23.1 Å². The molecular formula is C21H31ClN2O5S. The summed E-state index contributed by atoms with van der Waals surface area (Å²) < 4.78 is 32.8. The van der Waals surface area contributed by atoms with E-state index in [1.165, 1.54) is 12.1 Å². The quantitative estimate of drug-likeness (QED) is 0.657. The number of sulfonamides is 1. The molecule has 1 fully saturated rings. The van der Waals surface area contributed by atoms with Crippen molar-refractivity contribution in [3.63, 3.8) is 0 Å². The first kappa shape index (κ1) is 24.6. The fraction of sp³-hybridized carbons (Fsp3) is 0.619. The molecule has 1 aliphatic carbocycles. The zero-order valence-corrected chi connectivity index (χ0v) is 19.8. The number of hydrogen-bond acceptors (Lipinski definition) is 5. The minimum absolute atomic E-state index is 0.00867. The molecule has 0 aromatic heterocycles. The van der Waals surface area contributed by atoms with Gasteiger partial charge in [-0.05, 0) is 70.6 Å². The van der Waals surface area contributed by atoms with Crippen molar-refractivity contribution in [3.8, 4) is 0 Å². The number of carbonyl (C=O) groups is 2. The Bertz CT molecular complexity index is 887. The van der Waals surface area contributed by atoms with Gasteiger partial charge >= 0.3 is 5.97 Å².